The number of rotatable bonds is 5. The monoisotopic (exact) mass is 304 g/mol. The molecule has 1 rings (SSSR count). The zero-order valence-corrected chi connectivity index (χ0v) is 12.3. The van der Waals surface area contributed by atoms with Gasteiger partial charge in [-0.3, -0.25) is 0 Å². The summed E-state index contributed by atoms with van der Waals surface area (Å²) in [5, 5.41) is 4.22. The highest BCUT2D eigenvalue weighted by atomic mass is 79.9. The van der Waals surface area contributed by atoms with Crippen LogP contribution >= 0.6 is 27.5 Å². The Kier molecular flexibility index (Phi) is 5.76. The maximum Gasteiger partial charge on any atom is 0.0551 e. The van der Waals surface area contributed by atoms with Gasteiger partial charge in [-0.15, -0.1) is 0 Å². The predicted octanol–water partition coefficient (Wildman–Crippen LogP) is 3.14. The molecule has 0 amide bonds. The molecule has 90 valence electrons. The van der Waals surface area contributed by atoms with Crippen LogP contribution in [0.25, 0.3) is 0 Å². The summed E-state index contributed by atoms with van der Waals surface area (Å²) in [7, 11) is 4.16. The summed E-state index contributed by atoms with van der Waals surface area (Å²) >= 11 is 9.41. The molecule has 1 atom stereocenters. The van der Waals surface area contributed by atoms with Crippen LogP contribution in [0.2, 0.25) is 5.02 Å². The van der Waals surface area contributed by atoms with E-state index >= 15 is 0 Å². The van der Waals surface area contributed by atoms with E-state index in [4.69, 9.17) is 11.6 Å². The number of hydrogen-bond acceptors (Lipinski definition) is 2. The summed E-state index contributed by atoms with van der Waals surface area (Å²) in [6, 6.07) is 6.51. The van der Waals surface area contributed by atoms with Crippen LogP contribution in [0.15, 0.2) is 22.7 Å². The van der Waals surface area contributed by atoms with Crippen molar-refractivity contribution in [3.05, 3.63) is 33.3 Å². The molecule has 0 heterocycles. The largest absolute Gasteiger partial charge is 0.309 e. The van der Waals surface area contributed by atoms with E-state index in [-0.39, 0.29) is 0 Å². The molecule has 0 spiro atoms. The second kappa shape index (κ2) is 6.60. The molecule has 0 fully saturated rings. The van der Waals surface area contributed by atoms with Gasteiger partial charge in [0.15, 0.2) is 0 Å². The van der Waals surface area contributed by atoms with Gasteiger partial charge in [0.1, 0.15) is 0 Å². The molecule has 0 bridgehead atoms. The SMILES string of the molecule is CC(CN(C)C)NCc1ccc(Br)c(Cl)c1. The van der Waals surface area contributed by atoms with E-state index < -0.39 is 0 Å². The van der Waals surface area contributed by atoms with Gasteiger partial charge in [-0.1, -0.05) is 17.7 Å². The maximum atomic E-state index is 6.03. The van der Waals surface area contributed by atoms with Crippen molar-refractivity contribution in [2.75, 3.05) is 20.6 Å². The van der Waals surface area contributed by atoms with Crippen molar-refractivity contribution >= 4 is 27.5 Å². The quantitative estimate of drug-likeness (QED) is 0.899. The van der Waals surface area contributed by atoms with Crippen LogP contribution in [0.4, 0.5) is 0 Å². The Balaban J connectivity index is 2.45. The van der Waals surface area contributed by atoms with Crippen LogP contribution < -0.4 is 5.32 Å². The van der Waals surface area contributed by atoms with Crippen LogP contribution in [-0.2, 0) is 6.54 Å². The minimum atomic E-state index is 0.470. The number of nitrogens with one attached hydrogen (secondary N) is 1. The van der Waals surface area contributed by atoms with Crippen molar-refractivity contribution in [2.45, 2.75) is 19.5 Å². The molecular weight excluding hydrogens is 288 g/mol. The number of likely N-dealkylation sites (N-methyl/N-ethyl adjacent to an activating group) is 1. The average molecular weight is 306 g/mol. The summed E-state index contributed by atoms with van der Waals surface area (Å²) < 4.78 is 0.944. The molecule has 1 N–H and O–H groups in total. The summed E-state index contributed by atoms with van der Waals surface area (Å²) in [5.41, 5.74) is 1.21. The Morgan fingerprint density at radius 2 is 2.12 bits per heavy atom. The normalized spacial score (nSPS) is 13.1. The molecule has 1 unspecified atom stereocenters. The van der Waals surface area contributed by atoms with Gasteiger partial charge in [-0.2, -0.15) is 0 Å². The van der Waals surface area contributed by atoms with Crippen LogP contribution in [0.1, 0.15) is 12.5 Å². The highest BCUT2D eigenvalue weighted by molar-refractivity contribution is 9.10. The Bertz CT molecular complexity index is 342. The molecule has 16 heavy (non-hydrogen) atoms. The van der Waals surface area contributed by atoms with Gasteiger partial charge in [-0.05, 0) is 54.6 Å². The van der Waals surface area contributed by atoms with Gasteiger partial charge in [0.05, 0.1) is 5.02 Å². The first-order valence-electron chi connectivity index (χ1n) is 5.31. The number of nitrogens with zero attached hydrogens (tertiary/aromatic N) is 1. The lowest BCUT2D eigenvalue weighted by Gasteiger charge is -2.18. The van der Waals surface area contributed by atoms with Gasteiger partial charge in [0, 0.05) is 23.6 Å². The second-order valence-electron chi connectivity index (χ2n) is 4.29. The highest BCUT2D eigenvalue weighted by Crippen LogP contribution is 2.23. The summed E-state index contributed by atoms with van der Waals surface area (Å²) in [6.45, 7) is 4.06. The number of halogens is 2. The van der Waals surface area contributed by atoms with E-state index in [2.05, 4.69) is 53.2 Å². The molecular formula is C12H18BrClN2. The lowest BCUT2D eigenvalue weighted by Crippen LogP contribution is -2.35. The zero-order valence-electron chi connectivity index (χ0n) is 9.93. The van der Waals surface area contributed by atoms with Crippen LogP contribution in [-0.4, -0.2) is 31.6 Å². The summed E-state index contributed by atoms with van der Waals surface area (Å²) in [6.07, 6.45) is 0. The van der Waals surface area contributed by atoms with E-state index in [1.54, 1.807) is 0 Å². The third-order valence-electron chi connectivity index (χ3n) is 2.28. The van der Waals surface area contributed by atoms with Crippen LogP contribution in [0.3, 0.4) is 0 Å². The fraction of sp³-hybridized carbons (Fsp3) is 0.500. The Hall–Kier alpha value is -0.0900. The van der Waals surface area contributed by atoms with Crippen molar-refractivity contribution in [3.63, 3.8) is 0 Å². The standard InChI is InChI=1S/C12H18BrClN2/c1-9(8-16(2)3)15-7-10-4-5-11(13)12(14)6-10/h4-6,9,15H,7-8H2,1-3H3. The smallest absolute Gasteiger partial charge is 0.0551 e. The van der Waals surface area contributed by atoms with Gasteiger partial charge >= 0.3 is 0 Å². The van der Waals surface area contributed by atoms with E-state index in [9.17, 15) is 0 Å². The van der Waals surface area contributed by atoms with Gasteiger partial charge in [0.2, 0.25) is 0 Å². The van der Waals surface area contributed by atoms with E-state index in [0.29, 0.717) is 6.04 Å². The molecule has 0 aliphatic heterocycles. The zero-order chi connectivity index (χ0) is 12.1. The van der Waals surface area contributed by atoms with Crippen molar-refractivity contribution in [3.8, 4) is 0 Å². The molecule has 1 aromatic carbocycles. The van der Waals surface area contributed by atoms with Crippen molar-refractivity contribution in [1.82, 2.24) is 10.2 Å². The lowest BCUT2D eigenvalue weighted by molar-refractivity contribution is 0.349. The molecule has 0 aromatic heterocycles. The van der Waals surface area contributed by atoms with E-state index in [1.165, 1.54) is 5.56 Å². The average Bonchev–Trinajstić information content (AvgIpc) is 2.19. The second-order valence-corrected chi connectivity index (χ2v) is 5.55. The number of hydrogen-bond donors (Lipinski definition) is 1. The molecule has 0 saturated heterocycles. The molecule has 4 heteroatoms. The topological polar surface area (TPSA) is 15.3 Å². The minimum Gasteiger partial charge on any atom is -0.309 e. The molecule has 2 nitrogen and oxygen atoms in total. The first-order chi connectivity index (χ1) is 7.49. The first kappa shape index (κ1) is 14.0. The number of benzene rings is 1. The van der Waals surface area contributed by atoms with Crippen LogP contribution in [0.5, 0.6) is 0 Å². The van der Waals surface area contributed by atoms with Gasteiger partial charge in [-0.25, -0.2) is 0 Å². The van der Waals surface area contributed by atoms with Gasteiger partial charge < -0.3 is 10.2 Å². The third-order valence-corrected chi connectivity index (χ3v) is 3.51. The summed E-state index contributed by atoms with van der Waals surface area (Å²) in [4.78, 5) is 2.17. The maximum absolute atomic E-state index is 6.03. The fourth-order valence-corrected chi connectivity index (χ4v) is 2.00. The Morgan fingerprint density at radius 1 is 1.44 bits per heavy atom. The van der Waals surface area contributed by atoms with Gasteiger partial charge in [0.25, 0.3) is 0 Å². The minimum absolute atomic E-state index is 0.470. The lowest BCUT2D eigenvalue weighted by atomic mass is 10.2. The van der Waals surface area contributed by atoms with Crippen LogP contribution in [0, 0.1) is 0 Å². The molecule has 1 aromatic rings. The Labute approximate surface area is 111 Å². The molecule has 0 aliphatic carbocycles. The first-order valence-corrected chi connectivity index (χ1v) is 6.48. The third kappa shape index (κ3) is 4.83. The summed E-state index contributed by atoms with van der Waals surface area (Å²) in [5.74, 6) is 0. The van der Waals surface area contributed by atoms with E-state index in [1.807, 2.05) is 12.1 Å². The van der Waals surface area contributed by atoms with Crippen molar-refractivity contribution < 1.29 is 0 Å². The fourth-order valence-electron chi connectivity index (χ4n) is 1.55. The highest BCUT2D eigenvalue weighted by Gasteiger charge is 2.04. The van der Waals surface area contributed by atoms with Crippen molar-refractivity contribution in [2.24, 2.45) is 0 Å². The predicted molar refractivity (Wildman–Crippen MR) is 74.0 cm³/mol. The Morgan fingerprint density at radius 3 is 2.69 bits per heavy atom. The van der Waals surface area contributed by atoms with Crippen molar-refractivity contribution in [1.29, 1.82) is 0 Å². The molecule has 0 saturated carbocycles. The molecule has 0 aliphatic rings. The molecule has 0 radical (unpaired) electrons. The van der Waals surface area contributed by atoms with E-state index in [0.717, 1.165) is 22.6 Å².